The molecule has 0 aromatic heterocycles. The fourth-order valence-corrected chi connectivity index (χ4v) is 1.95. The number of aliphatic hydroxyl groups is 1. The second kappa shape index (κ2) is 9.67. The smallest absolute Gasteiger partial charge is 0.0446 e. The van der Waals surface area contributed by atoms with Crippen molar-refractivity contribution in [1.29, 1.82) is 0 Å². The standard InChI is InChI=1S/C10H22N2O.2ClH/c1-9(2)8-12-5-4-11-7-10(12)3-6-13;;/h9-11,13H,3-8H2,1-2H3;2*1H/p-2. The van der Waals surface area contributed by atoms with Gasteiger partial charge in [0.2, 0.25) is 0 Å². The van der Waals surface area contributed by atoms with Gasteiger partial charge < -0.3 is 35.2 Å². The Labute approximate surface area is 105 Å². The summed E-state index contributed by atoms with van der Waals surface area (Å²) in [6, 6.07) is 0.543. The molecule has 15 heavy (non-hydrogen) atoms. The number of hydrogen-bond donors (Lipinski definition) is 2. The first-order valence-electron chi connectivity index (χ1n) is 5.29. The van der Waals surface area contributed by atoms with E-state index >= 15 is 0 Å². The minimum atomic E-state index is 0. The van der Waals surface area contributed by atoms with Gasteiger partial charge in [-0.2, -0.15) is 0 Å². The lowest BCUT2D eigenvalue weighted by Crippen LogP contribution is -3.00. The van der Waals surface area contributed by atoms with Crippen LogP contribution in [0.5, 0.6) is 0 Å². The summed E-state index contributed by atoms with van der Waals surface area (Å²) < 4.78 is 0. The van der Waals surface area contributed by atoms with Crippen molar-refractivity contribution in [3.63, 3.8) is 0 Å². The van der Waals surface area contributed by atoms with E-state index in [0.717, 1.165) is 38.5 Å². The van der Waals surface area contributed by atoms with Crippen molar-refractivity contribution < 1.29 is 29.9 Å². The topological polar surface area (TPSA) is 35.5 Å². The molecule has 1 saturated heterocycles. The molecule has 1 rings (SSSR count). The zero-order valence-corrected chi connectivity index (χ0v) is 11.1. The summed E-state index contributed by atoms with van der Waals surface area (Å²) in [5.74, 6) is 0.722. The lowest BCUT2D eigenvalue weighted by atomic mass is 10.1. The zero-order chi connectivity index (χ0) is 9.68. The van der Waals surface area contributed by atoms with Gasteiger partial charge in [0, 0.05) is 38.8 Å². The summed E-state index contributed by atoms with van der Waals surface area (Å²) >= 11 is 0. The van der Waals surface area contributed by atoms with Crippen LogP contribution in [0, 0.1) is 5.92 Å². The molecule has 0 aromatic rings. The third-order valence-electron chi connectivity index (χ3n) is 2.53. The van der Waals surface area contributed by atoms with Crippen LogP contribution in [0.2, 0.25) is 0 Å². The normalized spacial score (nSPS) is 22.0. The minimum absolute atomic E-state index is 0. The van der Waals surface area contributed by atoms with Gasteiger partial charge in [-0.1, -0.05) is 13.8 Å². The maximum absolute atomic E-state index is 8.92. The summed E-state index contributed by atoms with van der Waals surface area (Å²) in [6.07, 6.45) is 0.903. The summed E-state index contributed by atoms with van der Waals surface area (Å²) in [5, 5.41) is 12.3. The van der Waals surface area contributed by atoms with E-state index < -0.39 is 0 Å². The molecule has 0 spiro atoms. The van der Waals surface area contributed by atoms with Gasteiger partial charge in [-0.3, -0.25) is 4.90 Å². The Morgan fingerprint density at radius 2 is 2.07 bits per heavy atom. The first-order chi connectivity index (χ1) is 6.24. The van der Waals surface area contributed by atoms with Crippen molar-refractivity contribution in [2.45, 2.75) is 26.3 Å². The highest BCUT2D eigenvalue weighted by Crippen LogP contribution is 2.09. The Morgan fingerprint density at radius 3 is 2.60 bits per heavy atom. The number of rotatable bonds is 4. The average Bonchev–Trinajstić information content (AvgIpc) is 2.08. The van der Waals surface area contributed by atoms with Crippen molar-refractivity contribution in [1.82, 2.24) is 10.2 Å². The van der Waals surface area contributed by atoms with Gasteiger partial charge in [-0.15, -0.1) is 0 Å². The van der Waals surface area contributed by atoms with Crippen molar-refractivity contribution in [3.05, 3.63) is 0 Å². The Balaban J connectivity index is 0. The van der Waals surface area contributed by atoms with E-state index in [1.807, 2.05) is 0 Å². The quantitative estimate of drug-likeness (QED) is 0.527. The molecule has 1 heterocycles. The maximum Gasteiger partial charge on any atom is 0.0446 e. The van der Waals surface area contributed by atoms with E-state index in [0.29, 0.717) is 12.6 Å². The molecule has 0 aromatic carbocycles. The first kappa shape index (κ1) is 17.8. The molecule has 1 unspecified atom stereocenters. The molecule has 5 heteroatoms. The Hall–Kier alpha value is 0.460. The highest BCUT2D eigenvalue weighted by molar-refractivity contribution is 4.79. The number of aliphatic hydroxyl groups excluding tert-OH is 1. The van der Waals surface area contributed by atoms with Crippen molar-refractivity contribution in [3.8, 4) is 0 Å². The van der Waals surface area contributed by atoms with Crippen LogP contribution < -0.4 is 30.1 Å². The van der Waals surface area contributed by atoms with Gasteiger partial charge >= 0.3 is 0 Å². The van der Waals surface area contributed by atoms with E-state index in [9.17, 15) is 0 Å². The third-order valence-corrected chi connectivity index (χ3v) is 2.53. The predicted octanol–water partition coefficient (Wildman–Crippen LogP) is -5.69. The lowest BCUT2D eigenvalue weighted by molar-refractivity contribution is -0.001000. The largest absolute Gasteiger partial charge is 1.00 e. The molecule has 0 saturated carbocycles. The highest BCUT2D eigenvalue weighted by Gasteiger charge is 2.21. The molecular weight excluding hydrogens is 235 g/mol. The second-order valence-electron chi connectivity index (χ2n) is 4.26. The third kappa shape index (κ3) is 6.59. The molecular formula is C10H22Cl2N2O-2. The molecule has 1 aliphatic rings. The van der Waals surface area contributed by atoms with Gasteiger partial charge in [-0.05, 0) is 12.3 Å². The van der Waals surface area contributed by atoms with Crippen LogP contribution in [0.1, 0.15) is 20.3 Å². The number of hydrogen-bond acceptors (Lipinski definition) is 3. The maximum atomic E-state index is 8.92. The molecule has 1 atom stereocenters. The molecule has 0 amide bonds. The van der Waals surface area contributed by atoms with Crippen LogP contribution in [-0.2, 0) is 0 Å². The highest BCUT2D eigenvalue weighted by atomic mass is 35.5. The molecule has 0 bridgehead atoms. The van der Waals surface area contributed by atoms with E-state index in [4.69, 9.17) is 5.11 Å². The molecule has 0 aliphatic carbocycles. The monoisotopic (exact) mass is 256 g/mol. The molecule has 94 valence electrons. The van der Waals surface area contributed by atoms with Crippen LogP contribution in [0.15, 0.2) is 0 Å². The van der Waals surface area contributed by atoms with Crippen LogP contribution >= 0.6 is 0 Å². The van der Waals surface area contributed by atoms with Crippen LogP contribution in [-0.4, -0.2) is 48.8 Å². The fraction of sp³-hybridized carbons (Fsp3) is 1.00. The Bertz CT molecular complexity index is 145. The van der Waals surface area contributed by atoms with Gasteiger partial charge in [0.15, 0.2) is 0 Å². The van der Waals surface area contributed by atoms with Crippen LogP contribution in [0.4, 0.5) is 0 Å². The van der Waals surface area contributed by atoms with Crippen molar-refractivity contribution in [2.75, 3.05) is 32.8 Å². The lowest BCUT2D eigenvalue weighted by Gasteiger charge is -2.37. The second-order valence-corrected chi connectivity index (χ2v) is 4.26. The fourth-order valence-electron chi connectivity index (χ4n) is 1.95. The van der Waals surface area contributed by atoms with Crippen molar-refractivity contribution in [2.24, 2.45) is 5.92 Å². The van der Waals surface area contributed by atoms with Gasteiger partial charge in [-0.25, -0.2) is 0 Å². The number of nitrogens with one attached hydrogen (secondary N) is 1. The minimum Gasteiger partial charge on any atom is -1.00 e. The van der Waals surface area contributed by atoms with E-state index in [1.165, 1.54) is 0 Å². The van der Waals surface area contributed by atoms with E-state index in [-0.39, 0.29) is 24.8 Å². The predicted molar refractivity (Wildman–Crippen MR) is 54.8 cm³/mol. The zero-order valence-electron chi connectivity index (χ0n) is 9.55. The SMILES string of the molecule is CC(C)CN1CCNCC1CCO.[Cl-].[Cl-]. The van der Waals surface area contributed by atoms with Gasteiger partial charge in [0.25, 0.3) is 0 Å². The molecule has 1 aliphatic heterocycles. The Morgan fingerprint density at radius 1 is 1.40 bits per heavy atom. The average molecular weight is 257 g/mol. The molecule has 0 radical (unpaired) electrons. The number of piperazine rings is 1. The Kier molecular flexibility index (Phi) is 11.5. The number of nitrogens with zero attached hydrogens (tertiary/aromatic N) is 1. The summed E-state index contributed by atoms with van der Waals surface area (Å²) in [4.78, 5) is 2.50. The number of halogens is 2. The van der Waals surface area contributed by atoms with Crippen molar-refractivity contribution >= 4 is 0 Å². The van der Waals surface area contributed by atoms with Crippen LogP contribution in [0.25, 0.3) is 0 Å². The van der Waals surface area contributed by atoms with Crippen LogP contribution in [0.3, 0.4) is 0 Å². The van der Waals surface area contributed by atoms with Gasteiger partial charge in [0.1, 0.15) is 0 Å². The molecule has 2 N–H and O–H groups in total. The summed E-state index contributed by atoms with van der Waals surface area (Å²) in [7, 11) is 0. The van der Waals surface area contributed by atoms with E-state index in [2.05, 4.69) is 24.1 Å². The summed E-state index contributed by atoms with van der Waals surface area (Å²) in [5.41, 5.74) is 0. The summed E-state index contributed by atoms with van der Waals surface area (Å²) in [6.45, 7) is 9.22. The molecule has 1 fully saturated rings. The molecule has 3 nitrogen and oxygen atoms in total. The van der Waals surface area contributed by atoms with Gasteiger partial charge in [0.05, 0.1) is 0 Å². The van der Waals surface area contributed by atoms with E-state index in [1.54, 1.807) is 0 Å². The first-order valence-corrected chi connectivity index (χ1v) is 5.29.